The molecule has 4 nitrogen and oxygen atoms in total. The number of hydrogen-bond donors (Lipinski definition) is 0. The predicted molar refractivity (Wildman–Crippen MR) is 69.6 cm³/mol. The third-order valence-electron chi connectivity index (χ3n) is 2.26. The summed E-state index contributed by atoms with van der Waals surface area (Å²) in [6.07, 6.45) is 0. The lowest BCUT2D eigenvalue weighted by molar-refractivity contribution is -0.385. The number of nitro groups is 1. The summed E-state index contributed by atoms with van der Waals surface area (Å²) >= 11 is 11.7. The van der Waals surface area contributed by atoms with Gasteiger partial charge in [-0.1, -0.05) is 29.3 Å². The highest BCUT2D eigenvalue weighted by atomic mass is 35.5. The molecule has 0 aliphatic rings. The van der Waals surface area contributed by atoms with E-state index in [-0.39, 0.29) is 27.2 Å². The highest BCUT2D eigenvalue weighted by Crippen LogP contribution is 2.35. The lowest BCUT2D eigenvalue weighted by Gasteiger charge is -2.08. The Bertz CT molecular complexity index is 649. The molecular formula is C12H6Cl2FNO3. The first kappa shape index (κ1) is 13.6. The average molecular weight is 302 g/mol. The van der Waals surface area contributed by atoms with Crippen LogP contribution >= 0.6 is 23.2 Å². The summed E-state index contributed by atoms with van der Waals surface area (Å²) in [6.45, 7) is 0. The first-order chi connectivity index (χ1) is 8.99. The lowest BCUT2D eigenvalue weighted by Crippen LogP contribution is -1.93. The van der Waals surface area contributed by atoms with Crippen LogP contribution in [0.15, 0.2) is 36.4 Å². The number of hydrogen-bond acceptors (Lipinski definition) is 3. The molecule has 19 heavy (non-hydrogen) atoms. The van der Waals surface area contributed by atoms with Crippen molar-refractivity contribution in [2.75, 3.05) is 0 Å². The van der Waals surface area contributed by atoms with Gasteiger partial charge in [-0.25, -0.2) is 4.39 Å². The summed E-state index contributed by atoms with van der Waals surface area (Å²) in [7, 11) is 0. The van der Waals surface area contributed by atoms with E-state index in [1.165, 1.54) is 6.07 Å². The van der Waals surface area contributed by atoms with Gasteiger partial charge in [-0.05, 0) is 18.2 Å². The Morgan fingerprint density at radius 3 is 2.53 bits per heavy atom. The first-order valence-corrected chi connectivity index (χ1v) is 5.80. The number of benzene rings is 2. The minimum absolute atomic E-state index is 0.141. The number of non-ortho nitro benzene ring substituents is 1. The van der Waals surface area contributed by atoms with Crippen molar-refractivity contribution in [3.05, 3.63) is 62.4 Å². The molecule has 0 saturated heterocycles. The molecule has 0 saturated carbocycles. The molecule has 2 aromatic carbocycles. The van der Waals surface area contributed by atoms with Crippen LogP contribution in [0.2, 0.25) is 10.0 Å². The number of nitro benzene ring substituents is 1. The molecule has 0 aliphatic carbocycles. The van der Waals surface area contributed by atoms with Gasteiger partial charge in [0.25, 0.3) is 5.69 Å². The highest BCUT2D eigenvalue weighted by molar-refractivity contribution is 6.42. The maximum absolute atomic E-state index is 13.6. The molecule has 0 aromatic heterocycles. The molecule has 98 valence electrons. The molecule has 2 rings (SSSR count). The summed E-state index contributed by atoms with van der Waals surface area (Å²) < 4.78 is 18.9. The van der Waals surface area contributed by atoms with Gasteiger partial charge in [0.1, 0.15) is 10.8 Å². The molecule has 2 aromatic rings. The summed E-state index contributed by atoms with van der Waals surface area (Å²) in [4.78, 5) is 9.79. The van der Waals surface area contributed by atoms with Crippen LogP contribution in [0, 0.1) is 15.9 Å². The Hall–Kier alpha value is -1.85. The summed E-state index contributed by atoms with van der Waals surface area (Å²) in [6, 6.07) is 7.72. The van der Waals surface area contributed by atoms with E-state index in [0.29, 0.717) is 0 Å². The van der Waals surface area contributed by atoms with Crippen LogP contribution in [0.5, 0.6) is 11.5 Å². The molecule has 0 atom stereocenters. The Morgan fingerprint density at radius 2 is 1.89 bits per heavy atom. The Labute approximate surface area is 117 Å². The van der Waals surface area contributed by atoms with Gasteiger partial charge in [0.15, 0.2) is 11.6 Å². The Balaban J connectivity index is 2.34. The van der Waals surface area contributed by atoms with Crippen molar-refractivity contribution >= 4 is 28.9 Å². The van der Waals surface area contributed by atoms with Gasteiger partial charge in [-0.15, -0.1) is 0 Å². The molecule has 0 bridgehead atoms. The zero-order valence-corrected chi connectivity index (χ0v) is 10.8. The van der Waals surface area contributed by atoms with E-state index < -0.39 is 10.7 Å². The second-order valence-corrected chi connectivity index (χ2v) is 4.31. The van der Waals surface area contributed by atoms with E-state index in [1.807, 2.05) is 0 Å². The Kier molecular flexibility index (Phi) is 3.87. The van der Waals surface area contributed by atoms with Crippen molar-refractivity contribution in [1.82, 2.24) is 0 Å². The second-order valence-electron chi connectivity index (χ2n) is 3.53. The summed E-state index contributed by atoms with van der Waals surface area (Å²) in [5.74, 6) is -0.859. The van der Waals surface area contributed by atoms with E-state index in [1.54, 1.807) is 12.1 Å². The molecular weight excluding hydrogens is 296 g/mol. The number of nitrogens with zero attached hydrogens (tertiary/aromatic N) is 1. The van der Waals surface area contributed by atoms with Crippen LogP contribution in [0.3, 0.4) is 0 Å². The van der Waals surface area contributed by atoms with Crippen molar-refractivity contribution in [3.63, 3.8) is 0 Å². The van der Waals surface area contributed by atoms with Gasteiger partial charge in [0, 0.05) is 6.07 Å². The van der Waals surface area contributed by atoms with E-state index >= 15 is 0 Å². The van der Waals surface area contributed by atoms with Crippen molar-refractivity contribution in [3.8, 4) is 11.5 Å². The molecule has 0 heterocycles. The number of halogens is 3. The smallest absolute Gasteiger partial charge is 0.272 e. The van der Waals surface area contributed by atoms with Crippen LogP contribution in [0.25, 0.3) is 0 Å². The Morgan fingerprint density at radius 1 is 1.16 bits per heavy atom. The molecule has 0 spiro atoms. The molecule has 0 radical (unpaired) electrons. The third kappa shape index (κ3) is 2.94. The fourth-order valence-electron chi connectivity index (χ4n) is 1.37. The van der Waals surface area contributed by atoms with E-state index in [4.69, 9.17) is 27.9 Å². The van der Waals surface area contributed by atoms with Crippen molar-refractivity contribution in [2.45, 2.75) is 0 Å². The molecule has 0 unspecified atom stereocenters. The fourth-order valence-corrected chi connectivity index (χ4v) is 1.70. The molecule has 7 heteroatoms. The van der Waals surface area contributed by atoms with Crippen LogP contribution in [-0.4, -0.2) is 4.92 Å². The largest absolute Gasteiger partial charge is 0.453 e. The van der Waals surface area contributed by atoms with Crippen LogP contribution < -0.4 is 4.74 Å². The normalized spacial score (nSPS) is 10.3. The lowest BCUT2D eigenvalue weighted by atomic mass is 10.3. The minimum atomic E-state index is -0.856. The van der Waals surface area contributed by atoms with Crippen LogP contribution in [-0.2, 0) is 0 Å². The molecule has 0 fully saturated rings. The average Bonchev–Trinajstić information content (AvgIpc) is 2.37. The van der Waals surface area contributed by atoms with Gasteiger partial charge in [0.2, 0.25) is 0 Å². The highest BCUT2D eigenvalue weighted by Gasteiger charge is 2.14. The van der Waals surface area contributed by atoms with Crippen LogP contribution in [0.1, 0.15) is 0 Å². The topological polar surface area (TPSA) is 52.4 Å². The van der Waals surface area contributed by atoms with Crippen molar-refractivity contribution in [1.29, 1.82) is 0 Å². The van der Waals surface area contributed by atoms with Gasteiger partial charge in [-0.2, -0.15) is 0 Å². The second kappa shape index (κ2) is 5.42. The standard InChI is InChI=1S/C12H6Cl2FNO3/c13-8-2-1-3-11(12(8)14)19-10-5-4-7(16(17)18)6-9(10)15/h1-6H. The van der Waals surface area contributed by atoms with Gasteiger partial charge in [-0.3, -0.25) is 10.1 Å². The zero-order valence-electron chi connectivity index (χ0n) is 9.27. The van der Waals surface area contributed by atoms with Crippen LogP contribution in [0.4, 0.5) is 10.1 Å². The maximum Gasteiger partial charge on any atom is 0.272 e. The van der Waals surface area contributed by atoms with Crippen molar-refractivity contribution < 1.29 is 14.1 Å². The first-order valence-electron chi connectivity index (χ1n) is 5.05. The van der Waals surface area contributed by atoms with Gasteiger partial charge >= 0.3 is 0 Å². The van der Waals surface area contributed by atoms with Gasteiger partial charge < -0.3 is 4.74 Å². The van der Waals surface area contributed by atoms with Crippen molar-refractivity contribution in [2.24, 2.45) is 0 Å². The number of ether oxygens (including phenoxy) is 1. The quantitative estimate of drug-likeness (QED) is 0.602. The zero-order chi connectivity index (χ0) is 14.0. The molecule has 0 aliphatic heterocycles. The molecule has 0 N–H and O–H groups in total. The summed E-state index contributed by atoms with van der Waals surface area (Å²) in [5.41, 5.74) is -0.359. The van der Waals surface area contributed by atoms with E-state index in [2.05, 4.69) is 0 Å². The third-order valence-corrected chi connectivity index (χ3v) is 3.06. The van der Waals surface area contributed by atoms with Gasteiger partial charge in [0.05, 0.1) is 16.0 Å². The predicted octanol–water partition coefficient (Wildman–Crippen LogP) is 4.83. The molecule has 0 amide bonds. The monoisotopic (exact) mass is 301 g/mol. The SMILES string of the molecule is O=[N+]([O-])c1ccc(Oc2cccc(Cl)c2Cl)c(F)c1. The maximum atomic E-state index is 13.6. The van der Waals surface area contributed by atoms with E-state index in [9.17, 15) is 14.5 Å². The number of rotatable bonds is 3. The summed E-state index contributed by atoms with van der Waals surface area (Å²) in [5, 5.41) is 10.9. The minimum Gasteiger partial charge on any atom is -0.453 e. The fraction of sp³-hybridized carbons (Fsp3) is 0. The van der Waals surface area contributed by atoms with E-state index in [0.717, 1.165) is 18.2 Å².